The highest BCUT2D eigenvalue weighted by Crippen LogP contribution is 2.27. The lowest BCUT2D eigenvalue weighted by Gasteiger charge is -2.16. The second-order valence-electron chi connectivity index (χ2n) is 4.71. The molecule has 0 saturated heterocycles. The van der Waals surface area contributed by atoms with Gasteiger partial charge in [0, 0.05) is 5.92 Å². The number of aliphatic hydroxyl groups excluding tert-OH is 1. The zero-order valence-electron chi connectivity index (χ0n) is 10.7. The molecule has 3 heteroatoms. The molecular weight excluding hydrogens is 307 g/mol. The molecule has 0 radical (unpaired) electrons. The van der Waals surface area contributed by atoms with Gasteiger partial charge in [0.25, 0.3) is 0 Å². The molecule has 100 valence electrons. The number of aryl methyl sites for hydroxylation is 1. The first-order chi connectivity index (χ1) is 9.11. The van der Waals surface area contributed by atoms with Gasteiger partial charge in [-0.15, -0.1) is 0 Å². The Bertz CT molecular complexity index is 568. The van der Waals surface area contributed by atoms with Crippen molar-refractivity contribution in [3.8, 4) is 0 Å². The summed E-state index contributed by atoms with van der Waals surface area (Å²) in [4.78, 5) is 0. The largest absolute Gasteiger partial charge is 0.396 e. The molecule has 1 N–H and O–H groups in total. The Balaban J connectivity index is 2.26. The van der Waals surface area contributed by atoms with E-state index in [2.05, 4.69) is 22.0 Å². The molecule has 19 heavy (non-hydrogen) atoms. The van der Waals surface area contributed by atoms with Crippen molar-refractivity contribution in [2.24, 2.45) is 0 Å². The number of rotatable bonds is 4. The predicted molar refractivity (Wildman–Crippen MR) is 78.8 cm³/mol. The van der Waals surface area contributed by atoms with Crippen molar-refractivity contribution in [3.05, 3.63) is 69.4 Å². The maximum atomic E-state index is 13.5. The van der Waals surface area contributed by atoms with E-state index in [1.165, 1.54) is 6.07 Å². The second-order valence-corrected chi connectivity index (χ2v) is 5.50. The van der Waals surface area contributed by atoms with Gasteiger partial charge in [0.15, 0.2) is 0 Å². The standard InChI is InChI=1S/C16H16BrFO/c1-11-4-2-5-12(8-11)14(10-19)9-13-6-3-7-15(18)16(13)17/h2-8,14,19H,9-10H2,1H3. The van der Waals surface area contributed by atoms with Crippen LogP contribution in [-0.4, -0.2) is 11.7 Å². The zero-order valence-corrected chi connectivity index (χ0v) is 12.3. The summed E-state index contributed by atoms with van der Waals surface area (Å²) in [6.45, 7) is 2.07. The van der Waals surface area contributed by atoms with Crippen LogP contribution in [0.1, 0.15) is 22.6 Å². The molecule has 2 aromatic carbocycles. The molecule has 0 aliphatic heterocycles. The van der Waals surface area contributed by atoms with Crippen molar-refractivity contribution in [3.63, 3.8) is 0 Å². The molecule has 0 amide bonds. The molecule has 1 nitrogen and oxygen atoms in total. The van der Waals surface area contributed by atoms with Gasteiger partial charge in [0.2, 0.25) is 0 Å². The van der Waals surface area contributed by atoms with Gasteiger partial charge >= 0.3 is 0 Å². The zero-order chi connectivity index (χ0) is 13.8. The molecule has 0 spiro atoms. The fraction of sp³-hybridized carbons (Fsp3) is 0.250. The Morgan fingerprint density at radius 1 is 1.21 bits per heavy atom. The van der Waals surface area contributed by atoms with E-state index in [0.29, 0.717) is 10.9 Å². The van der Waals surface area contributed by atoms with Crippen molar-refractivity contribution in [1.29, 1.82) is 0 Å². The Morgan fingerprint density at radius 3 is 2.63 bits per heavy atom. The molecule has 0 aromatic heterocycles. The van der Waals surface area contributed by atoms with Gasteiger partial charge in [-0.05, 0) is 46.5 Å². The van der Waals surface area contributed by atoms with Crippen LogP contribution in [0.5, 0.6) is 0 Å². The summed E-state index contributed by atoms with van der Waals surface area (Å²) in [6, 6.07) is 13.1. The molecule has 0 aliphatic rings. The van der Waals surface area contributed by atoms with Crippen molar-refractivity contribution >= 4 is 15.9 Å². The minimum Gasteiger partial charge on any atom is -0.396 e. The third kappa shape index (κ3) is 3.43. The highest BCUT2D eigenvalue weighted by atomic mass is 79.9. The first kappa shape index (κ1) is 14.2. The average molecular weight is 323 g/mol. The van der Waals surface area contributed by atoms with E-state index in [9.17, 15) is 9.50 Å². The highest BCUT2D eigenvalue weighted by molar-refractivity contribution is 9.10. The first-order valence-electron chi connectivity index (χ1n) is 6.22. The topological polar surface area (TPSA) is 20.2 Å². The first-order valence-corrected chi connectivity index (χ1v) is 7.01. The van der Waals surface area contributed by atoms with Crippen LogP contribution in [0, 0.1) is 12.7 Å². The van der Waals surface area contributed by atoms with E-state index in [-0.39, 0.29) is 18.3 Å². The minimum absolute atomic E-state index is 0.0157. The summed E-state index contributed by atoms with van der Waals surface area (Å²) in [7, 11) is 0. The van der Waals surface area contributed by atoms with E-state index < -0.39 is 0 Å². The van der Waals surface area contributed by atoms with E-state index in [1.54, 1.807) is 6.07 Å². The molecule has 2 aromatic rings. The smallest absolute Gasteiger partial charge is 0.137 e. The van der Waals surface area contributed by atoms with Crippen molar-refractivity contribution < 1.29 is 9.50 Å². The van der Waals surface area contributed by atoms with Crippen LogP contribution in [0.3, 0.4) is 0 Å². The number of benzene rings is 2. The molecule has 1 atom stereocenters. The SMILES string of the molecule is Cc1cccc(C(CO)Cc2cccc(F)c2Br)c1. The molecule has 2 rings (SSSR count). The summed E-state index contributed by atoms with van der Waals surface area (Å²) in [6.07, 6.45) is 0.609. The summed E-state index contributed by atoms with van der Waals surface area (Å²) in [5.74, 6) is -0.281. The van der Waals surface area contributed by atoms with Gasteiger partial charge in [-0.25, -0.2) is 4.39 Å². The number of aliphatic hydroxyl groups is 1. The third-order valence-corrected chi connectivity index (χ3v) is 4.12. The van der Waals surface area contributed by atoms with Crippen LogP contribution >= 0.6 is 15.9 Å². The summed E-state index contributed by atoms with van der Waals surface area (Å²) in [5, 5.41) is 9.58. The molecule has 1 unspecified atom stereocenters. The van der Waals surface area contributed by atoms with Crippen LogP contribution in [-0.2, 0) is 6.42 Å². The normalized spacial score (nSPS) is 12.4. The number of halogens is 2. The Kier molecular flexibility index (Phi) is 4.72. The quantitative estimate of drug-likeness (QED) is 0.893. The average Bonchev–Trinajstić information content (AvgIpc) is 2.40. The molecule has 0 bridgehead atoms. The van der Waals surface area contributed by atoms with Gasteiger partial charge in [0.1, 0.15) is 5.82 Å². The summed E-state index contributed by atoms with van der Waals surface area (Å²) < 4.78 is 14.0. The highest BCUT2D eigenvalue weighted by Gasteiger charge is 2.14. The van der Waals surface area contributed by atoms with Gasteiger partial charge in [-0.1, -0.05) is 42.0 Å². The maximum absolute atomic E-state index is 13.5. The van der Waals surface area contributed by atoms with Crippen molar-refractivity contribution in [2.45, 2.75) is 19.3 Å². The van der Waals surface area contributed by atoms with E-state index in [4.69, 9.17) is 0 Å². The maximum Gasteiger partial charge on any atom is 0.137 e. The fourth-order valence-corrected chi connectivity index (χ4v) is 2.61. The van der Waals surface area contributed by atoms with E-state index >= 15 is 0 Å². The van der Waals surface area contributed by atoms with Crippen LogP contribution in [0.25, 0.3) is 0 Å². The lowest BCUT2D eigenvalue weighted by atomic mass is 9.92. The second kappa shape index (κ2) is 6.31. The number of hydrogen-bond donors (Lipinski definition) is 1. The Morgan fingerprint density at radius 2 is 1.95 bits per heavy atom. The predicted octanol–water partition coefficient (Wildman–Crippen LogP) is 4.22. The molecule has 0 saturated carbocycles. The van der Waals surface area contributed by atoms with Gasteiger partial charge in [-0.3, -0.25) is 0 Å². The van der Waals surface area contributed by atoms with Gasteiger partial charge in [0.05, 0.1) is 11.1 Å². The summed E-state index contributed by atoms with van der Waals surface area (Å²) in [5.41, 5.74) is 3.12. The minimum atomic E-state index is -0.265. The molecule has 0 fully saturated rings. The molecule has 0 aliphatic carbocycles. The van der Waals surface area contributed by atoms with Crippen LogP contribution in [0.4, 0.5) is 4.39 Å². The Hall–Kier alpha value is -1.19. The molecule has 0 heterocycles. The van der Waals surface area contributed by atoms with E-state index in [0.717, 1.165) is 16.7 Å². The third-order valence-electron chi connectivity index (χ3n) is 3.23. The van der Waals surface area contributed by atoms with Crippen molar-refractivity contribution in [2.75, 3.05) is 6.61 Å². The Labute approximate surface area is 121 Å². The van der Waals surface area contributed by atoms with Crippen LogP contribution in [0.15, 0.2) is 46.9 Å². The van der Waals surface area contributed by atoms with Crippen LogP contribution < -0.4 is 0 Å². The molecular formula is C16H16BrFO. The van der Waals surface area contributed by atoms with Gasteiger partial charge < -0.3 is 5.11 Å². The lowest BCUT2D eigenvalue weighted by Crippen LogP contribution is -2.08. The fourth-order valence-electron chi connectivity index (χ4n) is 2.18. The van der Waals surface area contributed by atoms with Crippen LogP contribution in [0.2, 0.25) is 0 Å². The summed E-state index contributed by atoms with van der Waals surface area (Å²) >= 11 is 3.27. The monoisotopic (exact) mass is 322 g/mol. The van der Waals surface area contributed by atoms with E-state index in [1.807, 2.05) is 31.2 Å². The van der Waals surface area contributed by atoms with Gasteiger partial charge in [-0.2, -0.15) is 0 Å². The lowest BCUT2D eigenvalue weighted by molar-refractivity contribution is 0.264. The number of hydrogen-bond acceptors (Lipinski definition) is 1. The van der Waals surface area contributed by atoms with Crippen molar-refractivity contribution in [1.82, 2.24) is 0 Å².